The van der Waals surface area contributed by atoms with Crippen LogP contribution < -0.4 is 20.1 Å². The maximum atomic E-state index is 13.4. The second kappa shape index (κ2) is 10.5. The van der Waals surface area contributed by atoms with Gasteiger partial charge in [-0.1, -0.05) is 17.9 Å². The van der Waals surface area contributed by atoms with E-state index in [-0.39, 0.29) is 29.3 Å². The number of methoxy groups -OCH3 is 1. The Morgan fingerprint density at radius 2 is 2.06 bits per heavy atom. The van der Waals surface area contributed by atoms with Crippen molar-refractivity contribution in [2.75, 3.05) is 37.5 Å². The molecule has 4 rings (SSSR count). The highest BCUT2D eigenvalue weighted by Crippen LogP contribution is 2.37. The molecule has 0 fully saturated rings. The summed E-state index contributed by atoms with van der Waals surface area (Å²) in [5, 5.41) is 5.59. The summed E-state index contributed by atoms with van der Waals surface area (Å²) in [6.07, 6.45) is -3.29. The van der Waals surface area contributed by atoms with Gasteiger partial charge < -0.3 is 24.8 Å². The third-order valence-electron chi connectivity index (χ3n) is 5.04. The molecule has 3 aromatic rings. The van der Waals surface area contributed by atoms with Crippen LogP contribution in [0, 0.1) is 18.8 Å². The molecule has 8 nitrogen and oxygen atoms in total. The lowest BCUT2D eigenvalue weighted by Gasteiger charge is -2.20. The van der Waals surface area contributed by atoms with Gasteiger partial charge in [0.1, 0.15) is 25.3 Å². The molecule has 0 saturated carbocycles. The zero-order chi connectivity index (χ0) is 25.7. The molecule has 0 spiro atoms. The number of hydrogen-bond donors (Lipinski definition) is 2. The topological polar surface area (TPSA) is 94.6 Å². The van der Waals surface area contributed by atoms with E-state index in [9.17, 15) is 18.0 Å². The summed E-state index contributed by atoms with van der Waals surface area (Å²) in [6, 6.07) is 7.79. The molecular weight excluding hydrogens is 477 g/mol. The molecule has 0 radical (unpaired) electrons. The number of carbonyl (C=O) groups excluding carboxylic acids is 1. The third kappa shape index (κ3) is 5.84. The number of hydrogen-bond acceptors (Lipinski definition) is 7. The number of fused-ring (bicyclic) bond motifs is 1. The molecule has 2 aromatic carbocycles. The molecule has 2 N–H and O–H groups in total. The summed E-state index contributed by atoms with van der Waals surface area (Å²) in [6.45, 7) is 2.84. The number of halogens is 3. The first-order valence-electron chi connectivity index (χ1n) is 10.8. The van der Waals surface area contributed by atoms with E-state index in [4.69, 9.17) is 14.2 Å². The van der Waals surface area contributed by atoms with Crippen molar-refractivity contribution in [2.45, 2.75) is 13.1 Å². The second-order valence-electron chi connectivity index (χ2n) is 7.70. The number of anilines is 2. The Labute approximate surface area is 204 Å². The largest absolute Gasteiger partial charge is 0.483 e. The standard InChI is InChI=1S/C25H21F3N4O4/c1-15-5-6-17(12-20(15)36-24-21-22(30-14-31-24)29-7-9-35-21)23(33)32-19-11-16(4-3-8-34-2)10-18(13-19)25(26,27)28/h5-6,10-14H,7-9H2,1-2H3,(H,32,33)(H,29,30,31). The molecular formula is C25H21F3N4O4. The molecule has 2 heterocycles. The number of aryl methyl sites for hydroxylation is 1. The lowest BCUT2D eigenvalue weighted by atomic mass is 10.1. The number of alkyl halides is 3. The maximum absolute atomic E-state index is 13.4. The number of ether oxygens (including phenoxy) is 3. The van der Waals surface area contributed by atoms with E-state index in [1.807, 2.05) is 0 Å². The minimum absolute atomic E-state index is 0.0519. The highest BCUT2D eigenvalue weighted by Gasteiger charge is 2.31. The minimum atomic E-state index is -4.61. The molecule has 0 unspecified atom stereocenters. The van der Waals surface area contributed by atoms with Gasteiger partial charge in [-0.2, -0.15) is 18.2 Å². The summed E-state index contributed by atoms with van der Waals surface area (Å²) in [5.74, 6) is 5.93. The van der Waals surface area contributed by atoms with E-state index in [0.717, 1.165) is 12.1 Å². The smallest absolute Gasteiger partial charge is 0.416 e. The van der Waals surface area contributed by atoms with Crippen LogP contribution in [0.15, 0.2) is 42.7 Å². The van der Waals surface area contributed by atoms with Gasteiger partial charge in [-0.3, -0.25) is 4.79 Å². The zero-order valence-electron chi connectivity index (χ0n) is 19.3. The van der Waals surface area contributed by atoms with Crippen LogP contribution in [0.3, 0.4) is 0 Å². The molecule has 0 bridgehead atoms. The van der Waals surface area contributed by atoms with Crippen molar-refractivity contribution in [3.05, 3.63) is 65.0 Å². The fourth-order valence-electron chi connectivity index (χ4n) is 3.31. The Morgan fingerprint density at radius 3 is 2.83 bits per heavy atom. The van der Waals surface area contributed by atoms with E-state index >= 15 is 0 Å². The first kappa shape index (κ1) is 24.8. The van der Waals surface area contributed by atoms with Gasteiger partial charge in [0.15, 0.2) is 5.82 Å². The van der Waals surface area contributed by atoms with Crippen molar-refractivity contribution in [3.8, 4) is 29.2 Å². The highest BCUT2D eigenvalue weighted by atomic mass is 19.4. The van der Waals surface area contributed by atoms with Crippen LogP contribution >= 0.6 is 0 Å². The highest BCUT2D eigenvalue weighted by molar-refractivity contribution is 6.04. The van der Waals surface area contributed by atoms with Crippen LogP contribution in [0.1, 0.15) is 27.0 Å². The first-order valence-corrected chi connectivity index (χ1v) is 10.8. The van der Waals surface area contributed by atoms with E-state index in [1.54, 1.807) is 13.0 Å². The Morgan fingerprint density at radius 1 is 1.22 bits per heavy atom. The Balaban J connectivity index is 1.59. The normalized spacial score (nSPS) is 12.4. The van der Waals surface area contributed by atoms with Crippen molar-refractivity contribution in [1.29, 1.82) is 0 Å². The zero-order valence-corrected chi connectivity index (χ0v) is 19.3. The monoisotopic (exact) mass is 498 g/mol. The molecule has 1 aliphatic rings. The number of carbonyl (C=O) groups is 1. The Bertz CT molecular complexity index is 1350. The molecule has 36 heavy (non-hydrogen) atoms. The Hall–Kier alpha value is -4.30. The van der Waals surface area contributed by atoms with Crippen molar-refractivity contribution in [3.63, 3.8) is 0 Å². The number of nitrogens with zero attached hydrogens (tertiary/aromatic N) is 2. The molecule has 0 atom stereocenters. The van der Waals surface area contributed by atoms with Crippen LogP contribution in [-0.2, 0) is 10.9 Å². The van der Waals surface area contributed by atoms with Gasteiger partial charge in [-0.05, 0) is 42.8 Å². The van der Waals surface area contributed by atoms with E-state index in [0.29, 0.717) is 36.0 Å². The van der Waals surface area contributed by atoms with Crippen LogP contribution in [0.5, 0.6) is 17.4 Å². The molecule has 11 heteroatoms. The first-order chi connectivity index (χ1) is 17.2. The van der Waals surface area contributed by atoms with Crippen molar-refractivity contribution in [1.82, 2.24) is 9.97 Å². The van der Waals surface area contributed by atoms with Gasteiger partial charge in [-0.15, -0.1) is 0 Å². The van der Waals surface area contributed by atoms with Crippen LogP contribution in [0.25, 0.3) is 0 Å². The molecule has 1 amide bonds. The lowest BCUT2D eigenvalue weighted by Crippen LogP contribution is -2.19. The predicted molar refractivity (Wildman–Crippen MR) is 125 cm³/mol. The molecule has 1 aromatic heterocycles. The minimum Gasteiger partial charge on any atom is -0.483 e. The van der Waals surface area contributed by atoms with E-state index in [2.05, 4.69) is 32.4 Å². The predicted octanol–water partition coefficient (Wildman–Crippen LogP) is 4.65. The number of aromatic nitrogens is 2. The average Bonchev–Trinajstić information content (AvgIpc) is 2.85. The molecule has 1 aliphatic heterocycles. The fraction of sp³-hybridized carbons (Fsp3) is 0.240. The van der Waals surface area contributed by atoms with Gasteiger partial charge in [0, 0.05) is 23.9 Å². The van der Waals surface area contributed by atoms with Crippen LogP contribution in [0.4, 0.5) is 24.7 Å². The summed E-state index contributed by atoms with van der Waals surface area (Å²) < 4.78 is 56.5. The van der Waals surface area contributed by atoms with Gasteiger partial charge in [0.2, 0.25) is 5.75 Å². The number of nitrogens with one attached hydrogen (secondary N) is 2. The average molecular weight is 498 g/mol. The molecule has 186 valence electrons. The van der Waals surface area contributed by atoms with Gasteiger partial charge in [-0.25, -0.2) is 4.98 Å². The van der Waals surface area contributed by atoms with Crippen molar-refractivity contribution in [2.24, 2.45) is 0 Å². The van der Waals surface area contributed by atoms with Crippen LogP contribution in [0.2, 0.25) is 0 Å². The van der Waals surface area contributed by atoms with E-state index in [1.165, 1.54) is 31.6 Å². The maximum Gasteiger partial charge on any atom is 0.416 e. The fourth-order valence-corrected chi connectivity index (χ4v) is 3.31. The lowest BCUT2D eigenvalue weighted by molar-refractivity contribution is -0.137. The molecule has 0 aliphatic carbocycles. The van der Waals surface area contributed by atoms with E-state index < -0.39 is 17.6 Å². The van der Waals surface area contributed by atoms with Gasteiger partial charge in [0.05, 0.1) is 12.1 Å². The summed E-state index contributed by atoms with van der Waals surface area (Å²) in [5.41, 5.74) is -0.0206. The number of rotatable bonds is 5. The summed E-state index contributed by atoms with van der Waals surface area (Å²) >= 11 is 0. The number of benzene rings is 2. The Kier molecular flexibility index (Phi) is 7.26. The quantitative estimate of drug-likeness (QED) is 0.495. The second-order valence-corrected chi connectivity index (χ2v) is 7.70. The third-order valence-corrected chi connectivity index (χ3v) is 5.04. The SMILES string of the molecule is COCC#Cc1cc(NC(=O)c2ccc(C)c(Oc3ncnc4c3OCCN4)c2)cc(C(F)(F)F)c1. The van der Waals surface area contributed by atoms with Gasteiger partial charge in [0.25, 0.3) is 11.8 Å². The summed E-state index contributed by atoms with van der Waals surface area (Å²) in [4.78, 5) is 21.2. The van der Waals surface area contributed by atoms with Crippen LogP contribution in [-0.4, -0.2) is 42.7 Å². The van der Waals surface area contributed by atoms with Crippen molar-refractivity contribution < 1.29 is 32.2 Å². The number of amides is 1. The molecule has 0 saturated heterocycles. The van der Waals surface area contributed by atoms with Gasteiger partial charge >= 0.3 is 6.18 Å². The summed E-state index contributed by atoms with van der Waals surface area (Å²) in [7, 11) is 1.43. The van der Waals surface area contributed by atoms with Crippen molar-refractivity contribution >= 4 is 17.4 Å².